The van der Waals surface area contributed by atoms with Crippen LogP contribution in [0.3, 0.4) is 0 Å². The molecule has 0 spiro atoms. The summed E-state index contributed by atoms with van der Waals surface area (Å²) in [6, 6.07) is 4.24. The molecule has 1 aliphatic rings. The molecule has 106 valence electrons. The zero-order valence-electron chi connectivity index (χ0n) is 10.9. The lowest BCUT2D eigenvalue weighted by Crippen LogP contribution is -2.48. The van der Waals surface area contributed by atoms with Gasteiger partial charge in [0.2, 0.25) is 5.76 Å². The zero-order valence-corrected chi connectivity index (χ0v) is 10.9. The first-order chi connectivity index (χ1) is 9.58. The molecule has 0 radical (unpaired) electrons. The number of esters is 1. The van der Waals surface area contributed by atoms with Gasteiger partial charge in [-0.25, -0.2) is 13.6 Å². The molecule has 1 aromatic heterocycles. The molecule has 0 atom stereocenters. The molecule has 0 unspecified atom stereocenters. The number of nitrogens with zero attached hydrogens (tertiary/aromatic N) is 1. The third-order valence-electron chi connectivity index (χ3n) is 3.25. The lowest BCUT2D eigenvalue weighted by molar-refractivity contribution is 0.0492. The number of hydrogen-bond acceptors (Lipinski definition) is 4. The van der Waals surface area contributed by atoms with E-state index in [0.717, 1.165) is 0 Å². The number of rotatable bonds is 3. The van der Waals surface area contributed by atoms with Crippen molar-refractivity contribution >= 4 is 22.6 Å². The summed E-state index contributed by atoms with van der Waals surface area (Å²) in [6.45, 7) is 2.39. The Hall–Kier alpha value is -2.11. The second-order valence-electron chi connectivity index (χ2n) is 4.67. The zero-order chi connectivity index (χ0) is 14.3. The van der Waals surface area contributed by atoms with E-state index in [0.29, 0.717) is 5.69 Å². The van der Waals surface area contributed by atoms with Gasteiger partial charge in [-0.3, -0.25) is 0 Å². The first kappa shape index (κ1) is 12.9. The number of anilines is 1. The fourth-order valence-electron chi connectivity index (χ4n) is 2.20. The predicted octanol–water partition coefficient (Wildman–Crippen LogP) is 2.91. The van der Waals surface area contributed by atoms with Crippen molar-refractivity contribution in [2.24, 2.45) is 0 Å². The number of hydrogen-bond donors (Lipinski definition) is 0. The molecule has 0 amide bonds. The Labute approximate surface area is 113 Å². The van der Waals surface area contributed by atoms with Crippen LogP contribution in [0.4, 0.5) is 14.5 Å². The van der Waals surface area contributed by atoms with E-state index < -0.39 is 18.0 Å². The molecule has 0 N–H and O–H groups in total. The van der Waals surface area contributed by atoms with E-state index in [1.54, 1.807) is 17.9 Å². The first-order valence-corrected chi connectivity index (χ1v) is 6.37. The molecule has 2 heterocycles. The fraction of sp³-hybridized carbons (Fsp3) is 0.357. The minimum absolute atomic E-state index is 0.0372. The molecule has 2 aromatic rings. The van der Waals surface area contributed by atoms with E-state index in [-0.39, 0.29) is 36.4 Å². The molecule has 3 rings (SSSR count). The van der Waals surface area contributed by atoms with Crippen LogP contribution in [0.25, 0.3) is 11.0 Å². The number of halogens is 2. The van der Waals surface area contributed by atoms with E-state index >= 15 is 0 Å². The summed E-state index contributed by atoms with van der Waals surface area (Å²) in [7, 11) is 0. The summed E-state index contributed by atoms with van der Waals surface area (Å²) in [5.74, 6) is -1.17. The van der Waals surface area contributed by atoms with Crippen molar-refractivity contribution < 1.29 is 22.7 Å². The average molecular weight is 281 g/mol. The van der Waals surface area contributed by atoms with Crippen molar-refractivity contribution in [1.29, 1.82) is 0 Å². The molecular formula is C14H13F2NO3. The Morgan fingerprint density at radius 3 is 2.85 bits per heavy atom. The maximum atomic E-state index is 14.0. The third-order valence-corrected chi connectivity index (χ3v) is 3.25. The minimum Gasteiger partial charge on any atom is -0.460 e. The van der Waals surface area contributed by atoms with Gasteiger partial charge in [0.15, 0.2) is 0 Å². The number of alkyl halides is 1. The largest absolute Gasteiger partial charge is 0.460 e. The highest BCUT2D eigenvalue weighted by Crippen LogP contribution is 2.31. The van der Waals surface area contributed by atoms with Gasteiger partial charge in [0, 0.05) is 17.8 Å². The number of benzene rings is 1. The topological polar surface area (TPSA) is 42.7 Å². The Balaban J connectivity index is 1.97. The SMILES string of the molecule is CCOC(=O)c1cc2c(F)cc(N3CC(F)C3)cc2o1. The molecule has 1 aromatic carbocycles. The van der Waals surface area contributed by atoms with Gasteiger partial charge in [-0.15, -0.1) is 0 Å². The van der Waals surface area contributed by atoms with Crippen LogP contribution < -0.4 is 4.90 Å². The lowest BCUT2D eigenvalue weighted by Gasteiger charge is -2.36. The number of carbonyl (C=O) groups excluding carboxylic acids is 1. The van der Waals surface area contributed by atoms with E-state index in [9.17, 15) is 13.6 Å². The molecule has 4 nitrogen and oxygen atoms in total. The molecule has 1 fully saturated rings. The molecule has 1 aliphatic heterocycles. The smallest absolute Gasteiger partial charge is 0.374 e. The molecule has 20 heavy (non-hydrogen) atoms. The van der Waals surface area contributed by atoms with Gasteiger partial charge in [0.25, 0.3) is 0 Å². The standard InChI is InChI=1S/C14H13F2NO3/c1-2-19-14(18)13-5-10-11(16)3-9(4-12(10)20-13)17-6-8(15)7-17/h3-5,8H,2,6-7H2,1H3. The van der Waals surface area contributed by atoms with Crippen LogP contribution in [0.2, 0.25) is 0 Å². The number of ether oxygens (including phenoxy) is 1. The molecule has 1 saturated heterocycles. The Kier molecular flexibility index (Phi) is 3.08. The van der Waals surface area contributed by atoms with E-state index in [4.69, 9.17) is 9.15 Å². The van der Waals surface area contributed by atoms with Gasteiger partial charge < -0.3 is 14.1 Å². The second-order valence-corrected chi connectivity index (χ2v) is 4.67. The van der Waals surface area contributed by atoms with Gasteiger partial charge in [-0.2, -0.15) is 0 Å². The van der Waals surface area contributed by atoms with Crippen LogP contribution in [-0.4, -0.2) is 31.8 Å². The normalized spacial score (nSPS) is 15.4. The van der Waals surface area contributed by atoms with Crippen LogP contribution in [-0.2, 0) is 4.74 Å². The van der Waals surface area contributed by atoms with Crippen molar-refractivity contribution in [3.63, 3.8) is 0 Å². The van der Waals surface area contributed by atoms with E-state index in [2.05, 4.69) is 0 Å². The van der Waals surface area contributed by atoms with Crippen LogP contribution in [0.15, 0.2) is 22.6 Å². The quantitative estimate of drug-likeness (QED) is 0.811. The van der Waals surface area contributed by atoms with Gasteiger partial charge in [-0.1, -0.05) is 0 Å². The Morgan fingerprint density at radius 2 is 2.20 bits per heavy atom. The van der Waals surface area contributed by atoms with Crippen LogP contribution in [0, 0.1) is 5.82 Å². The first-order valence-electron chi connectivity index (χ1n) is 6.37. The van der Waals surface area contributed by atoms with Gasteiger partial charge in [-0.05, 0) is 13.0 Å². The second kappa shape index (κ2) is 4.77. The number of carbonyl (C=O) groups is 1. The third kappa shape index (κ3) is 2.11. The van der Waals surface area contributed by atoms with Crippen molar-refractivity contribution in [2.75, 3.05) is 24.6 Å². The highest BCUT2D eigenvalue weighted by Gasteiger charge is 2.27. The maximum absolute atomic E-state index is 14.0. The molecule has 0 saturated carbocycles. The Bertz CT molecular complexity index is 662. The summed E-state index contributed by atoms with van der Waals surface area (Å²) in [5, 5.41) is 0.217. The highest BCUT2D eigenvalue weighted by atomic mass is 19.1. The van der Waals surface area contributed by atoms with Crippen LogP contribution >= 0.6 is 0 Å². The number of fused-ring (bicyclic) bond motifs is 1. The van der Waals surface area contributed by atoms with Crippen molar-refractivity contribution in [1.82, 2.24) is 0 Å². The summed E-state index contributed by atoms with van der Waals surface area (Å²) in [5.41, 5.74) is 0.805. The summed E-state index contributed by atoms with van der Waals surface area (Å²) < 4.78 is 37.0. The Morgan fingerprint density at radius 1 is 1.45 bits per heavy atom. The number of furan rings is 1. The molecular weight excluding hydrogens is 268 g/mol. The molecule has 0 aliphatic carbocycles. The highest BCUT2D eigenvalue weighted by molar-refractivity contribution is 5.93. The van der Waals surface area contributed by atoms with E-state index in [1.165, 1.54) is 12.1 Å². The lowest BCUT2D eigenvalue weighted by atomic mass is 10.1. The van der Waals surface area contributed by atoms with Crippen molar-refractivity contribution in [3.05, 3.63) is 29.8 Å². The summed E-state index contributed by atoms with van der Waals surface area (Å²) >= 11 is 0. The summed E-state index contributed by atoms with van der Waals surface area (Å²) in [6.07, 6.45) is -0.875. The van der Waals surface area contributed by atoms with E-state index in [1.807, 2.05) is 0 Å². The average Bonchev–Trinajstić information content (AvgIpc) is 2.80. The predicted molar refractivity (Wildman–Crippen MR) is 69.2 cm³/mol. The van der Waals surface area contributed by atoms with Gasteiger partial charge >= 0.3 is 5.97 Å². The van der Waals surface area contributed by atoms with Crippen LogP contribution in [0.1, 0.15) is 17.5 Å². The van der Waals surface area contributed by atoms with Gasteiger partial charge in [0.1, 0.15) is 17.6 Å². The summed E-state index contributed by atoms with van der Waals surface area (Å²) in [4.78, 5) is 13.3. The van der Waals surface area contributed by atoms with Gasteiger partial charge in [0.05, 0.1) is 25.1 Å². The maximum Gasteiger partial charge on any atom is 0.374 e. The molecule has 0 bridgehead atoms. The van der Waals surface area contributed by atoms with Crippen LogP contribution in [0.5, 0.6) is 0 Å². The monoisotopic (exact) mass is 281 g/mol. The van der Waals surface area contributed by atoms with Crippen molar-refractivity contribution in [2.45, 2.75) is 13.1 Å². The fourth-order valence-corrected chi connectivity index (χ4v) is 2.20. The molecule has 6 heteroatoms. The van der Waals surface area contributed by atoms with Crippen molar-refractivity contribution in [3.8, 4) is 0 Å². The minimum atomic E-state index is -0.875.